The average molecular weight is 356 g/mol. The van der Waals surface area contributed by atoms with E-state index in [0.717, 1.165) is 13.1 Å². The Hall–Kier alpha value is -1.39. The summed E-state index contributed by atoms with van der Waals surface area (Å²) in [5.41, 5.74) is 4.24. The first-order chi connectivity index (χ1) is 12.7. The maximum absolute atomic E-state index is 12.6. The van der Waals surface area contributed by atoms with Crippen molar-refractivity contribution in [2.24, 2.45) is 0 Å². The fraction of sp³-hybridized carbons (Fsp3) is 0.682. The lowest BCUT2D eigenvalue weighted by molar-refractivity contribution is -0.122. The minimum Gasteiger partial charge on any atom is -0.348 e. The van der Waals surface area contributed by atoms with E-state index in [2.05, 4.69) is 40.2 Å². The number of rotatable bonds is 4. The van der Waals surface area contributed by atoms with Crippen LogP contribution >= 0.6 is 0 Å². The van der Waals surface area contributed by atoms with Gasteiger partial charge in [-0.25, -0.2) is 0 Å². The van der Waals surface area contributed by atoms with Crippen LogP contribution in [0.25, 0.3) is 0 Å². The molecule has 0 radical (unpaired) electrons. The standard InChI is InChI=1S/C22H33N3O/c1-17(19-10-9-18-6-2-3-7-20(18)14-19)23-22(26)16-24-11-5-13-25-12-4-8-21(25)15-24/h9-10,14,17,21H,2-8,11-13,15-16H2,1H3,(H,23,26)/t17-,21+/m0/s1. The van der Waals surface area contributed by atoms with E-state index in [-0.39, 0.29) is 11.9 Å². The number of hydrogen-bond donors (Lipinski definition) is 1. The first-order valence-corrected chi connectivity index (χ1v) is 10.6. The third-order valence-electron chi connectivity index (χ3n) is 6.50. The average Bonchev–Trinajstić information content (AvgIpc) is 2.99. The number of benzene rings is 1. The van der Waals surface area contributed by atoms with E-state index in [9.17, 15) is 4.79 Å². The Balaban J connectivity index is 1.32. The van der Waals surface area contributed by atoms with Gasteiger partial charge in [0, 0.05) is 12.6 Å². The molecule has 4 rings (SSSR count). The van der Waals surface area contributed by atoms with E-state index in [1.165, 1.54) is 74.7 Å². The van der Waals surface area contributed by atoms with Crippen LogP contribution < -0.4 is 5.32 Å². The lowest BCUT2D eigenvalue weighted by atomic mass is 9.89. The summed E-state index contributed by atoms with van der Waals surface area (Å²) in [6.07, 6.45) is 8.81. The van der Waals surface area contributed by atoms with E-state index in [0.29, 0.717) is 12.6 Å². The molecule has 3 aliphatic rings. The monoisotopic (exact) mass is 355 g/mol. The van der Waals surface area contributed by atoms with E-state index >= 15 is 0 Å². The molecular formula is C22H33N3O. The molecule has 1 N–H and O–H groups in total. The van der Waals surface area contributed by atoms with Crippen molar-refractivity contribution < 1.29 is 4.79 Å². The van der Waals surface area contributed by atoms with Crippen LogP contribution in [0, 0.1) is 0 Å². The van der Waals surface area contributed by atoms with Crippen LogP contribution in [0.3, 0.4) is 0 Å². The molecule has 1 aromatic rings. The van der Waals surface area contributed by atoms with Crippen molar-refractivity contribution >= 4 is 5.91 Å². The maximum Gasteiger partial charge on any atom is 0.234 e. The highest BCUT2D eigenvalue weighted by Gasteiger charge is 2.29. The molecule has 4 nitrogen and oxygen atoms in total. The molecule has 0 bridgehead atoms. The van der Waals surface area contributed by atoms with Gasteiger partial charge in [0.2, 0.25) is 5.91 Å². The van der Waals surface area contributed by atoms with Gasteiger partial charge in [-0.1, -0.05) is 18.2 Å². The Labute approximate surface area is 157 Å². The van der Waals surface area contributed by atoms with Gasteiger partial charge in [-0.05, 0) is 88.2 Å². The Morgan fingerprint density at radius 1 is 1.12 bits per heavy atom. The minimum absolute atomic E-state index is 0.0877. The van der Waals surface area contributed by atoms with Crippen LogP contribution in [0.5, 0.6) is 0 Å². The van der Waals surface area contributed by atoms with Crippen molar-refractivity contribution in [2.75, 3.05) is 32.7 Å². The molecule has 0 aromatic heterocycles. The van der Waals surface area contributed by atoms with Gasteiger partial charge >= 0.3 is 0 Å². The highest BCUT2D eigenvalue weighted by atomic mass is 16.2. The Morgan fingerprint density at radius 3 is 2.81 bits per heavy atom. The second-order valence-corrected chi connectivity index (χ2v) is 8.45. The molecule has 2 fully saturated rings. The summed E-state index contributed by atoms with van der Waals surface area (Å²) in [5, 5.41) is 3.24. The van der Waals surface area contributed by atoms with Crippen molar-refractivity contribution in [1.82, 2.24) is 15.1 Å². The van der Waals surface area contributed by atoms with Gasteiger partial charge in [0.15, 0.2) is 0 Å². The number of carbonyl (C=O) groups is 1. The van der Waals surface area contributed by atoms with Gasteiger partial charge in [0.25, 0.3) is 0 Å². The van der Waals surface area contributed by atoms with Gasteiger partial charge in [-0.3, -0.25) is 14.6 Å². The molecule has 2 saturated heterocycles. The van der Waals surface area contributed by atoms with Crippen molar-refractivity contribution in [1.29, 1.82) is 0 Å². The number of aryl methyl sites for hydroxylation is 2. The van der Waals surface area contributed by atoms with E-state index in [1.807, 2.05) is 0 Å². The Morgan fingerprint density at radius 2 is 1.92 bits per heavy atom. The summed E-state index contributed by atoms with van der Waals surface area (Å²) in [4.78, 5) is 17.6. The Kier molecular flexibility index (Phi) is 5.60. The fourth-order valence-corrected chi connectivity index (χ4v) is 5.02. The zero-order valence-electron chi connectivity index (χ0n) is 16.2. The van der Waals surface area contributed by atoms with E-state index in [4.69, 9.17) is 0 Å². The molecule has 2 heterocycles. The van der Waals surface area contributed by atoms with Crippen molar-refractivity contribution in [2.45, 2.75) is 64.0 Å². The lowest BCUT2D eigenvalue weighted by Crippen LogP contribution is -2.42. The van der Waals surface area contributed by atoms with Crippen LogP contribution in [-0.2, 0) is 17.6 Å². The van der Waals surface area contributed by atoms with Gasteiger partial charge in [-0.2, -0.15) is 0 Å². The van der Waals surface area contributed by atoms with Gasteiger partial charge in [0.1, 0.15) is 0 Å². The quantitative estimate of drug-likeness (QED) is 0.902. The normalized spacial score (nSPS) is 25.2. The number of fused-ring (bicyclic) bond motifs is 2. The number of nitrogens with one attached hydrogen (secondary N) is 1. The maximum atomic E-state index is 12.6. The SMILES string of the molecule is C[C@H](NC(=O)CN1CCCN2CCC[C@@H]2C1)c1ccc2c(c1)CCCC2. The van der Waals surface area contributed by atoms with E-state index < -0.39 is 0 Å². The number of carbonyl (C=O) groups excluding carboxylic acids is 1. The van der Waals surface area contributed by atoms with Gasteiger partial charge in [0.05, 0.1) is 12.6 Å². The summed E-state index contributed by atoms with van der Waals surface area (Å²) in [6, 6.07) is 7.56. The predicted octanol–water partition coefficient (Wildman–Crippen LogP) is 2.91. The number of hydrogen-bond acceptors (Lipinski definition) is 3. The third kappa shape index (κ3) is 4.12. The molecule has 1 aromatic carbocycles. The molecule has 2 atom stereocenters. The largest absolute Gasteiger partial charge is 0.348 e. The number of nitrogens with zero attached hydrogens (tertiary/aromatic N) is 2. The summed E-state index contributed by atoms with van der Waals surface area (Å²) < 4.78 is 0. The lowest BCUT2D eigenvalue weighted by Gasteiger charge is -2.26. The topological polar surface area (TPSA) is 35.6 Å². The summed E-state index contributed by atoms with van der Waals surface area (Å²) in [6.45, 7) is 7.21. The molecule has 0 unspecified atom stereocenters. The molecule has 4 heteroatoms. The van der Waals surface area contributed by atoms with Crippen LogP contribution in [0.2, 0.25) is 0 Å². The molecular weight excluding hydrogens is 322 g/mol. The van der Waals surface area contributed by atoms with Gasteiger partial charge in [-0.15, -0.1) is 0 Å². The van der Waals surface area contributed by atoms with Crippen LogP contribution in [0.1, 0.15) is 61.8 Å². The predicted molar refractivity (Wildman–Crippen MR) is 105 cm³/mol. The molecule has 26 heavy (non-hydrogen) atoms. The smallest absolute Gasteiger partial charge is 0.234 e. The molecule has 2 aliphatic heterocycles. The van der Waals surface area contributed by atoms with Crippen molar-refractivity contribution in [3.63, 3.8) is 0 Å². The summed E-state index contributed by atoms with van der Waals surface area (Å²) >= 11 is 0. The van der Waals surface area contributed by atoms with Crippen LogP contribution in [-0.4, -0.2) is 54.5 Å². The summed E-state index contributed by atoms with van der Waals surface area (Å²) in [5.74, 6) is 0.168. The van der Waals surface area contributed by atoms with Gasteiger partial charge < -0.3 is 5.32 Å². The first kappa shape index (κ1) is 18.0. The fourth-order valence-electron chi connectivity index (χ4n) is 5.02. The zero-order chi connectivity index (χ0) is 17.9. The first-order valence-electron chi connectivity index (χ1n) is 10.6. The summed E-state index contributed by atoms with van der Waals surface area (Å²) in [7, 11) is 0. The van der Waals surface area contributed by atoms with Crippen LogP contribution in [0.15, 0.2) is 18.2 Å². The second kappa shape index (κ2) is 8.10. The highest BCUT2D eigenvalue weighted by Crippen LogP contribution is 2.25. The zero-order valence-corrected chi connectivity index (χ0v) is 16.2. The second-order valence-electron chi connectivity index (χ2n) is 8.45. The third-order valence-corrected chi connectivity index (χ3v) is 6.50. The van der Waals surface area contributed by atoms with E-state index in [1.54, 1.807) is 0 Å². The minimum atomic E-state index is 0.0877. The van der Waals surface area contributed by atoms with Crippen LogP contribution in [0.4, 0.5) is 0 Å². The highest BCUT2D eigenvalue weighted by molar-refractivity contribution is 5.78. The molecule has 1 amide bonds. The molecule has 0 spiro atoms. The molecule has 142 valence electrons. The molecule has 1 aliphatic carbocycles. The number of amides is 1. The Bertz CT molecular complexity index is 644. The van der Waals surface area contributed by atoms with Crippen molar-refractivity contribution in [3.05, 3.63) is 34.9 Å². The molecule has 0 saturated carbocycles. The van der Waals surface area contributed by atoms with Crippen molar-refractivity contribution in [3.8, 4) is 0 Å².